The number of aryl methyl sites for hydroxylation is 1. The molecule has 0 radical (unpaired) electrons. The molecule has 3 rings (SSSR count). The average Bonchev–Trinajstić information content (AvgIpc) is 3.20. The maximum atomic E-state index is 12.2. The number of nitrogens with one attached hydrogen (secondary N) is 1. The summed E-state index contributed by atoms with van der Waals surface area (Å²) in [6.07, 6.45) is 0. The Kier molecular flexibility index (Phi) is 5.50. The van der Waals surface area contributed by atoms with Crippen molar-refractivity contribution < 1.29 is 4.79 Å². The molecule has 0 aliphatic heterocycles. The SMILES string of the molecule is Cc1nnc(SCC(=O)Nc2nc(-c3ccccc3)cs2)n1C(C)C. The topological polar surface area (TPSA) is 72.7 Å². The van der Waals surface area contributed by atoms with Gasteiger partial charge in [0.25, 0.3) is 0 Å². The molecule has 0 unspecified atom stereocenters. The van der Waals surface area contributed by atoms with Crippen LogP contribution < -0.4 is 5.32 Å². The Hall–Kier alpha value is -2.19. The lowest BCUT2D eigenvalue weighted by molar-refractivity contribution is -0.113. The first-order valence-corrected chi connectivity index (χ1v) is 9.76. The molecule has 1 N–H and O–H groups in total. The van der Waals surface area contributed by atoms with E-state index in [4.69, 9.17) is 0 Å². The molecule has 0 saturated heterocycles. The molecule has 130 valence electrons. The Morgan fingerprint density at radius 1 is 1.28 bits per heavy atom. The molecule has 0 atom stereocenters. The fourth-order valence-corrected chi connectivity index (χ4v) is 4.05. The predicted octanol–water partition coefficient (Wildman–Crippen LogP) is 4.02. The minimum absolute atomic E-state index is 0.102. The summed E-state index contributed by atoms with van der Waals surface area (Å²) >= 11 is 2.80. The van der Waals surface area contributed by atoms with E-state index in [-0.39, 0.29) is 17.7 Å². The van der Waals surface area contributed by atoms with Crippen molar-refractivity contribution in [2.75, 3.05) is 11.1 Å². The number of benzene rings is 1. The van der Waals surface area contributed by atoms with Gasteiger partial charge in [-0.25, -0.2) is 4.98 Å². The van der Waals surface area contributed by atoms with Crippen molar-refractivity contribution in [3.05, 3.63) is 41.5 Å². The van der Waals surface area contributed by atoms with E-state index in [9.17, 15) is 4.79 Å². The maximum Gasteiger partial charge on any atom is 0.236 e. The van der Waals surface area contributed by atoms with E-state index < -0.39 is 0 Å². The first kappa shape index (κ1) is 17.6. The summed E-state index contributed by atoms with van der Waals surface area (Å²) in [5.41, 5.74) is 1.90. The van der Waals surface area contributed by atoms with Crippen molar-refractivity contribution in [1.29, 1.82) is 0 Å². The van der Waals surface area contributed by atoms with Crippen LogP contribution in [0.25, 0.3) is 11.3 Å². The summed E-state index contributed by atoms with van der Waals surface area (Å²) in [5, 5.41) is 14.4. The van der Waals surface area contributed by atoms with Gasteiger partial charge in [0.1, 0.15) is 5.82 Å². The number of thiazole rings is 1. The van der Waals surface area contributed by atoms with Crippen LogP contribution in [-0.2, 0) is 4.79 Å². The van der Waals surface area contributed by atoms with Gasteiger partial charge in [-0.15, -0.1) is 21.5 Å². The Bertz CT molecular complexity index is 857. The molecule has 25 heavy (non-hydrogen) atoms. The largest absolute Gasteiger partial charge is 0.304 e. The van der Waals surface area contributed by atoms with Crippen molar-refractivity contribution in [2.24, 2.45) is 0 Å². The molecule has 6 nitrogen and oxygen atoms in total. The maximum absolute atomic E-state index is 12.2. The highest BCUT2D eigenvalue weighted by Gasteiger charge is 2.14. The van der Waals surface area contributed by atoms with E-state index in [0.717, 1.165) is 22.2 Å². The second kappa shape index (κ2) is 7.79. The van der Waals surface area contributed by atoms with Crippen molar-refractivity contribution >= 4 is 34.1 Å². The highest BCUT2D eigenvalue weighted by molar-refractivity contribution is 7.99. The third kappa shape index (κ3) is 4.26. The van der Waals surface area contributed by atoms with Gasteiger partial charge in [-0.05, 0) is 20.8 Å². The van der Waals surface area contributed by atoms with Gasteiger partial charge < -0.3 is 9.88 Å². The zero-order valence-corrected chi connectivity index (χ0v) is 15.9. The molecule has 0 aliphatic rings. The third-order valence-electron chi connectivity index (χ3n) is 3.50. The van der Waals surface area contributed by atoms with Gasteiger partial charge in [-0.2, -0.15) is 0 Å². The zero-order chi connectivity index (χ0) is 17.8. The Morgan fingerprint density at radius 2 is 2.04 bits per heavy atom. The summed E-state index contributed by atoms with van der Waals surface area (Å²) in [7, 11) is 0. The molecule has 0 fully saturated rings. The number of nitrogens with zero attached hydrogens (tertiary/aromatic N) is 4. The number of amides is 1. The second-order valence-corrected chi connectivity index (χ2v) is 7.53. The summed E-state index contributed by atoms with van der Waals surface area (Å²) in [6, 6.07) is 10.2. The van der Waals surface area contributed by atoms with Crippen molar-refractivity contribution in [2.45, 2.75) is 32.0 Å². The first-order chi connectivity index (χ1) is 12.0. The van der Waals surface area contributed by atoms with Crippen LogP contribution in [0, 0.1) is 6.92 Å². The molecule has 1 aromatic carbocycles. The number of hydrogen-bond acceptors (Lipinski definition) is 6. The number of carbonyl (C=O) groups is 1. The highest BCUT2D eigenvalue weighted by atomic mass is 32.2. The molecule has 2 aromatic heterocycles. The van der Waals surface area contributed by atoms with Crippen LogP contribution in [0.3, 0.4) is 0 Å². The van der Waals surface area contributed by atoms with Gasteiger partial charge >= 0.3 is 0 Å². The van der Waals surface area contributed by atoms with Crippen LogP contribution in [0.15, 0.2) is 40.9 Å². The highest BCUT2D eigenvalue weighted by Crippen LogP contribution is 2.25. The van der Waals surface area contributed by atoms with Crippen LogP contribution in [0.2, 0.25) is 0 Å². The number of carbonyl (C=O) groups excluding carboxylic acids is 1. The van der Waals surface area contributed by atoms with E-state index in [1.54, 1.807) is 0 Å². The van der Waals surface area contributed by atoms with Crippen LogP contribution in [0.1, 0.15) is 25.7 Å². The molecular weight excluding hydrogens is 354 g/mol. The van der Waals surface area contributed by atoms with Crippen LogP contribution >= 0.6 is 23.1 Å². The number of rotatable bonds is 6. The van der Waals surface area contributed by atoms with Gasteiger partial charge in [-0.1, -0.05) is 42.1 Å². The van der Waals surface area contributed by atoms with Crippen molar-refractivity contribution in [3.8, 4) is 11.3 Å². The van der Waals surface area contributed by atoms with Crippen LogP contribution in [0.5, 0.6) is 0 Å². The fourth-order valence-electron chi connectivity index (χ4n) is 2.40. The summed E-state index contributed by atoms with van der Waals surface area (Å²) in [4.78, 5) is 16.7. The average molecular weight is 374 g/mol. The minimum atomic E-state index is -0.102. The minimum Gasteiger partial charge on any atom is -0.304 e. The number of thioether (sulfide) groups is 1. The molecule has 2 heterocycles. The molecule has 1 amide bonds. The lowest BCUT2D eigenvalue weighted by Gasteiger charge is -2.11. The molecule has 0 spiro atoms. The summed E-state index contributed by atoms with van der Waals surface area (Å²) in [6.45, 7) is 6.06. The third-order valence-corrected chi connectivity index (χ3v) is 5.20. The lowest BCUT2D eigenvalue weighted by atomic mass is 10.2. The fraction of sp³-hybridized carbons (Fsp3) is 0.294. The van der Waals surface area contributed by atoms with Gasteiger partial charge in [0.2, 0.25) is 5.91 Å². The Morgan fingerprint density at radius 3 is 2.76 bits per heavy atom. The normalized spacial score (nSPS) is 11.0. The van der Waals surface area contributed by atoms with E-state index in [1.165, 1.54) is 23.1 Å². The number of anilines is 1. The van der Waals surface area contributed by atoms with Crippen molar-refractivity contribution in [3.63, 3.8) is 0 Å². The second-order valence-electron chi connectivity index (χ2n) is 5.73. The molecule has 0 bridgehead atoms. The van der Waals surface area contributed by atoms with E-state index in [1.807, 2.05) is 47.2 Å². The Balaban J connectivity index is 1.60. The van der Waals surface area contributed by atoms with E-state index in [0.29, 0.717) is 5.13 Å². The zero-order valence-electron chi connectivity index (χ0n) is 14.3. The Labute approximate surface area is 154 Å². The molecule has 3 aromatic rings. The molecule has 8 heteroatoms. The summed E-state index contributed by atoms with van der Waals surface area (Å²) in [5.74, 6) is 1.02. The van der Waals surface area contributed by atoms with Crippen molar-refractivity contribution in [1.82, 2.24) is 19.7 Å². The van der Waals surface area contributed by atoms with Gasteiger partial charge in [0.05, 0.1) is 11.4 Å². The standard InChI is InChI=1S/C17H19N5OS2/c1-11(2)22-12(3)20-21-17(22)25-10-15(23)19-16-18-14(9-24-16)13-7-5-4-6-8-13/h4-9,11H,10H2,1-3H3,(H,18,19,23). The first-order valence-electron chi connectivity index (χ1n) is 7.89. The number of aromatic nitrogens is 4. The van der Waals surface area contributed by atoms with Crippen LogP contribution in [-0.4, -0.2) is 31.4 Å². The monoisotopic (exact) mass is 373 g/mol. The molecule has 0 saturated carbocycles. The van der Waals surface area contributed by atoms with Gasteiger partial charge in [0.15, 0.2) is 10.3 Å². The predicted molar refractivity (Wildman–Crippen MR) is 102 cm³/mol. The van der Waals surface area contributed by atoms with E-state index >= 15 is 0 Å². The molecular formula is C17H19N5OS2. The lowest BCUT2D eigenvalue weighted by Crippen LogP contribution is -2.15. The van der Waals surface area contributed by atoms with Gasteiger partial charge in [0, 0.05) is 17.0 Å². The molecule has 0 aliphatic carbocycles. The van der Waals surface area contributed by atoms with E-state index in [2.05, 4.69) is 34.3 Å². The van der Waals surface area contributed by atoms with Crippen LogP contribution in [0.4, 0.5) is 5.13 Å². The van der Waals surface area contributed by atoms with Gasteiger partial charge in [-0.3, -0.25) is 4.79 Å². The summed E-state index contributed by atoms with van der Waals surface area (Å²) < 4.78 is 2.02. The number of hydrogen-bond donors (Lipinski definition) is 1. The quantitative estimate of drug-likeness (QED) is 0.661. The smallest absolute Gasteiger partial charge is 0.236 e.